The van der Waals surface area contributed by atoms with Crippen LogP contribution in [0.1, 0.15) is 65.2 Å². The van der Waals surface area contributed by atoms with Gasteiger partial charge in [-0.1, -0.05) is 25.5 Å². The van der Waals surface area contributed by atoms with Crippen molar-refractivity contribution in [3.05, 3.63) is 11.6 Å². The first-order valence-corrected chi connectivity index (χ1v) is 10.5. The van der Waals surface area contributed by atoms with E-state index in [1.807, 2.05) is 0 Å². The maximum absolute atomic E-state index is 11.0. The second-order valence-electron chi connectivity index (χ2n) is 10.0. The van der Waals surface area contributed by atoms with E-state index in [0.29, 0.717) is 24.2 Å². The summed E-state index contributed by atoms with van der Waals surface area (Å²) in [6.07, 6.45) is 10.4. The summed E-state index contributed by atoms with van der Waals surface area (Å²) in [4.78, 5) is 0. The van der Waals surface area contributed by atoms with Crippen molar-refractivity contribution in [2.45, 2.75) is 76.6 Å². The average molecular weight is 357 g/mol. The minimum atomic E-state index is -1.13. The molecular formula is C22H31NO3. The Bertz CT molecular complexity index is 690. The second kappa shape index (κ2) is 5.34. The number of fused-ring (bicyclic) bond motifs is 5. The third-order valence-electron chi connectivity index (χ3n) is 9.26. The molecule has 0 aromatic rings. The summed E-state index contributed by atoms with van der Waals surface area (Å²) in [7, 11) is 0. The lowest BCUT2D eigenvalue weighted by Gasteiger charge is -2.59. The first kappa shape index (κ1) is 17.2. The number of hydrogen-bond acceptors (Lipinski definition) is 4. The van der Waals surface area contributed by atoms with Crippen LogP contribution in [0.2, 0.25) is 0 Å². The van der Waals surface area contributed by atoms with Crippen molar-refractivity contribution in [1.29, 1.82) is 5.26 Å². The molecule has 5 aliphatic rings. The molecule has 1 saturated heterocycles. The molecule has 0 unspecified atom stereocenters. The third-order valence-corrected chi connectivity index (χ3v) is 9.26. The fraction of sp³-hybridized carbons (Fsp3) is 0.864. The molecule has 3 saturated carbocycles. The standard InChI is InChI=1S/C22H31NO3/c1-19-9-10-22(25-11-12-26-22)13-15(19)3-4-16-17(19)5-7-20(2)18(16)6-8-21(20,24)14-23/h3,16-18,24H,4-13H2,1-2H3/t16-,17-,18+,19+,20+,21-/m1/s1. The van der Waals surface area contributed by atoms with Crippen molar-refractivity contribution < 1.29 is 14.6 Å². The predicted octanol–water partition coefficient (Wildman–Crippen LogP) is 3.95. The fourth-order valence-corrected chi connectivity index (χ4v) is 7.55. The Morgan fingerprint density at radius 3 is 2.54 bits per heavy atom. The molecule has 0 aromatic heterocycles. The number of nitriles is 1. The topological polar surface area (TPSA) is 62.5 Å². The summed E-state index contributed by atoms with van der Waals surface area (Å²) in [6.45, 7) is 6.10. The van der Waals surface area contributed by atoms with Crippen molar-refractivity contribution in [2.75, 3.05) is 13.2 Å². The van der Waals surface area contributed by atoms with Gasteiger partial charge in [0.1, 0.15) is 0 Å². The molecule has 0 amide bonds. The van der Waals surface area contributed by atoms with Gasteiger partial charge in [0, 0.05) is 18.3 Å². The molecule has 1 heterocycles. The van der Waals surface area contributed by atoms with Gasteiger partial charge >= 0.3 is 0 Å². The zero-order valence-electron chi connectivity index (χ0n) is 16.1. The van der Waals surface area contributed by atoms with Gasteiger partial charge in [-0.05, 0) is 61.7 Å². The van der Waals surface area contributed by atoms with Gasteiger partial charge in [0.2, 0.25) is 0 Å². The zero-order chi connectivity index (χ0) is 18.2. The van der Waals surface area contributed by atoms with Crippen LogP contribution >= 0.6 is 0 Å². The van der Waals surface area contributed by atoms with Gasteiger partial charge in [-0.25, -0.2) is 0 Å². The van der Waals surface area contributed by atoms with Crippen LogP contribution in [-0.4, -0.2) is 29.7 Å². The molecule has 4 fully saturated rings. The normalized spacial score (nSPS) is 51.9. The van der Waals surface area contributed by atoms with E-state index >= 15 is 0 Å². The first-order chi connectivity index (χ1) is 12.4. The summed E-state index contributed by atoms with van der Waals surface area (Å²) in [5, 5.41) is 20.6. The van der Waals surface area contributed by atoms with Crippen molar-refractivity contribution in [1.82, 2.24) is 0 Å². The molecule has 0 radical (unpaired) electrons. The van der Waals surface area contributed by atoms with Crippen LogP contribution in [0, 0.1) is 39.9 Å². The van der Waals surface area contributed by atoms with Crippen LogP contribution in [-0.2, 0) is 9.47 Å². The summed E-state index contributed by atoms with van der Waals surface area (Å²) in [6, 6.07) is 2.28. The zero-order valence-corrected chi connectivity index (χ0v) is 16.1. The van der Waals surface area contributed by atoms with Crippen LogP contribution in [0.25, 0.3) is 0 Å². The number of nitrogens with zero attached hydrogens (tertiary/aromatic N) is 1. The van der Waals surface area contributed by atoms with Crippen LogP contribution in [0.5, 0.6) is 0 Å². The van der Waals surface area contributed by atoms with Gasteiger partial charge in [0.15, 0.2) is 11.4 Å². The summed E-state index contributed by atoms with van der Waals surface area (Å²) >= 11 is 0. The minimum Gasteiger partial charge on any atom is -0.375 e. The Morgan fingerprint density at radius 2 is 1.81 bits per heavy atom. The summed E-state index contributed by atoms with van der Waals surface area (Å²) in [5.41, 5.74) is 0.412. The number of allylic oxidation sites excluding steroid dienone is 1. The van der Waals surface area contributed by atoms with E-state index < -0.39 is 5.60 Å². The van der Waals surface area contributed by atoms with Crippen LogP contribution < -0.4 is 0 Å². The van der Waals surface area contributed by atoms with E-state index in [1.54, 1.807) is 5.57 Å². The monoisotopic (exact) mass is 357 g/mol. The molecule has 5 rings (SSSR count). The Balaban J connectivity index is 1.47. The number of aliphatic hydroxyl groups is 1. The molecule has 4 heteroatoms. The van der Waals surface area contributed by atoms with Gasteiger partial charge < -0.3 is 14.6 Å². The van der Waals surface area contributed by atoms with E-state index in [-0.39, 0.29) is 16.6 Å². The smallest absolute Gasteiger partial charge is 0.172 e. The fourth-order valence-electron chi connectivity index (χ4n) is 7.55. The van der Waals surface area contributed by atoms with Crippen LogP contribution in [0.15, 0.2) is 11.6 Å². The number of hydrogen-bond donors (Lipinski definition) is 1. The molecule has 0 aromatic carbocycles. The summed E-state index contributed by atoms with van der Waals surface area (Å²) < 4.78 is 12.0. The third kappa shape index (κ3) is 2.00. The maximum Gasteiger partial charge on any atom is 0.172 e. The van der Waals surface area contributed by atoms with Crippen LogP contribution in [0.4, 0.5) is 0 Å². The SMILES string of the molecule is C[C@]12CCC3(CC1=CC[C@@H]1[C@H]2CC[C@@]2(C)[C@H]1CC[C@@]2(O)C#N)OCCO3. The van der Waals surface area contributed by atoms with E-state index in [0.717, 1.165) is 58.2 Å². The first-order valence-electron chi connectivity index (χ1n) is 10.5. The Kier molecular flexibility index (Phi) is 3.54. The average Bonchev–Trinajstić information content (AvgIpc) is 3.19. The predicted molar refractivity (Wildman–Crippen MR) is 96.9 cm³/mol. The molecule has 6 atom stereocenters. The Labute approximate surface area is 156 Å². The van der Waals surface area contributed by atoms with Crippen molar-refractivity contribution >= 4 is 0 Å². The highest BCUT2D eigenvalue weighted by atomic mass is 16.7. The van der Waals surface area contributed by atoms with Gasteiger partial charge in [0.05, 0.1) is 19.3 Å². The summed E-state index contributed by atoms with van der Waals surface area (Å²) in [5.74, 6) is 1.38. The molecular weight excluding hydrogens is 326 g/mol. The van der Waals surface area contributed by atoms with Gasteiger partial charge in [-0.2, -0.15) is 5.26 Å². The Hall–Kier alpha value is -0.890. The van der Waals surface area contributed by atoms with Gasteiger partial charge in [-0.15, -0.1) is 0 Å². The highest BCUT2D eigenvalue weighted by molar-refractivity contribution is 5.28. The molecule has 0 bridgehead atoms. The van der Waals surface area contributed by atoms with E-state index in [9.17, 15) is 10.4 Å². The van der Waals surface area contributed by atoms with E-state index in [2.05, 4.69) is 26.0 Å². The Morgan fingerprint density at radius 1 is 1.08 bits per heavy atom. The second-order valence-corrected chi connectivity index (χ2v) is 10.0. The quantitative estimate of drug-likeness (QED) is 0.527. The molecule has 4 nitrogen and oxygen atoms in total. The lowest BCUT2D eigenvalue weighted by atomic mass is 9.47. The molecule has 1 N–H and O–H groups in total. The lowest BCUT2D eigenvalue weighted by Crippen LogP contribution is -2.55. The van der Waals surface area contributed by atoms with Crippen molar-refractivity contribution in [3.63, 3.8) is 0 Å². The molecule has 1 aliphatic heterocycles. The van der Waals surface area contributed by atoms with E-state index in [1.165, 1.54) is 0 Å². The van der Waals surface area contributed by atoms with Gasteiger partial charge in [-0.3, -0.25) is 0 Å². The van der Waals surface area contributed by atoms with Crippen molar-refractivity contribution in [3.8, 4) is 6.07 Å². The highest BCUT2D eigenvalue weighted by Gasteiger charge is 2.64. The van der Waals surface area contributed by atoms with Crippen LogP contribution in [0.3, 0.4) is 0 Å². The minimum absolute atomic E-state index is 0.234. The maximum atomic E-state index is 11.0. The van der Waals surface area contributed by atoms with Gasteiger partial charge in [0.25, 0.3) is 0 Å². The van der Waals surface area contributed by atoms with Crippen molar-refractivity contribution in [2.24, 2.45) is 28.6 Å². The van der Waals surface area contributed by atoms with E-state index in [4.69, 9.17) is 9.47 Å². The molecule has 1 spiro atoms. The largest absolute Gasteiger partial charge is 0.375 e. The lowest BCUT2D eigenvalue weighted by molar-refractivity contribution is -0.186. The molecule has 4 aliphatic carbocycles. The molecule has 142 valence electrons. The number of rotatable bonds is 0. The highest BCUT2D eigenvalue weighted by Crippen LogP contribution is 2.67. The molecule has 26 heavy (non-hydrogen) atoms. The number of ether oxygens (including phenoxy) is 2.